The lowest BCUT2D eigenvalue weighted by molar-refractivity contribution is -0.152. The van der Waals surface area contributed by atoms with Crippen LogP contribution in [0.5, 0.6) is 0 Å². The van der Waals surface area contributed by atoms with Crippen molar-refractivity contribution in [2.24, 2.45) is 17.8 Å². The molecule has 12 heteroatoms. The quantitative estimate of drug-likeness (QED) is 0.180. The van der Waals surface area contributed by atoms with Crippen molar-refractivity contribution in [1.82, 2.24) is 25.1 Å². The molecule has 51 heavy (non-hydrogen) atoms. The number of hydrogen-bond donors (Lipinski definition) is 3. The molecule has 2 aromatic rings. The van der Waals surface area contributed by atoms with E-state index in [1.54, 1.807) is 25.3 Å². The Hall–Kier alpha value is -3.09. The second-order valence-electron chi connectivity index (χ2n) is 15.4. The first kappa shape index (κ1) is 39.1. The first-order chi connectivity index (χ1) is 24.6. The van der Waals surface area contributed by atoms with E-state index in [2.05, 4.69) is 15.3 Å². The highest BCUT2D eigenvalue weighted by Crippen LogP contribution is 2.39. The van der Waals surface area contributed by atoms with E-state index in [4.69, 9.17) is 10.5 Å². The Balaban J connectivity index is 1.35. The van der Waals surface area contributed by atoms with Crippen LogP contribution in [0.1, 0.15) is 108 Å². The molecule has 0 saturated heterocycles. The van der Waals surface area contributed by atoms with E-state index in [0.717, 1.165) is 69.9 Å². The third-order valence-electron chi connectivity index (χ3n) is 11.5. The van der Waals surface area contributed by atoms with Gasteiger partial charge in [0, 0.05) is 57.2 Å². The van der Waals surface area contributed by atoms with Crippen LogP contribution in [-0.2, 0) is 32.0 Å². The second-order valence-corrected chi connectivity index (χ2v) is 16.3. The molecule has 3 amide bonds. The first-order valence-corrected chi connectivity index (χ1v) is 20.2. The van der Waals surface area contributed by atoms with Crippen molar-refractivity contribution in [2.75, 3.05) is 39.5 Å². The number of amides is 3. The molecule has 0 bridgehead atoms. The summed E-state index contributed by atoms with van der Waals surface area (Å²) in [5, 5.41) is 17.0. The molecule has 0 aliphatic heterocycles. The zero-order chi connectivity index (χ0) is 36.2. The fourth-order valence-electron chi connectivity index (χ4n) is 8.11. The van der Waals surface area contributed by atoms with Gasteiger partial charge in [-0.25, -0.2) is 4.98 Å². The van der Waals surface area contributed by atoms with Crippen LogP contribution in [0.25, 0.3) is 0 Å². The molecule has 0 aromatic carbocycles. The summed E-state index contributed by atoms with van der Waals surface area (Å²) in [7, 11) is 3.46. The minimum atomic E-state index is -0.747. The molecule has 2 aromatic heterocycles. The number of ether oxygens (including phenoxy) is 1. The fraction of sp³-hybridized carbons (Fsp3) is 0.718. The first-order valence-electron chi connectivity index (χ1n) is 19.3. The van der Waals surface area contributed by atoms with Crippen LogP contribution in [0.15, 0.2) is 29.8 Å². The maximum absolute atomic E-state index is 15.1. The van der Waals surface area contributed by atoms with Crippen LogP contribution in [-0.4, -0.2) is 94.1 Å². The number of rotatable bonds is 19. The standard InChI is InChI=1S/C39H60N6O5S/c1-44(20-16-31-13-7-10-19-41-31)36(48)25-42-35(47)24-30(23-32-26-51-38(40)43-32)37(49)45(27-39(50-2)17-8-4-9-18-39)33(34(46)22-29-14-15-29)21-28-11-5-3-6-12-28/h7,10,13,19,26,28-30,33-34,46H,3-6,8-9,11-12,14-18,20-25,27H2,1-2H3,(H2,40,43)(H,42,47)/t30-,33+,34+/m1/s1. The number of nitrogens with zero attached hydrogens (tertiary/aromatic N) is 4. The lowest BCUT2D eigenvalue weighted by Gasteiger charge is -2.46. The van der Waals surface area contributed by atoms with E-state index in [0.29, 0.717) is 48.6 Å². The van der Waals surface area contributed by atoms with Gasteiger partial charge >= 0.3 is 0 Å². The Morgan fingerprint density at radius 3 is 2.41 bits per heavy atom. The van der Waals surface area contributed by atoms with Crippen molar-refractivity contribution < 1.29 is 24.2 Å². The third kappa shape index (κ3) is 12.0. The molecule has 3 atom stereocenters. The van der Waals surface area contributed by atoms with Gasteiger partial charge in [0.2, 0.25) is 17.7 Å². The summed E-state index contributed by atoms with van der Waals surface area (Å²) in [5.41, 5.74) is 7.06. The summed E-state index contributed by atoms with van der Waals surface area (Å²) < 4.78 is 6.26. The second kappa shape index (κ2) is 19.1. The van der Waals surface area contributed by atoms with Gasteiger partial charge in [0.1, 0.15) is 0 Å². The number of aliphatic hydroxyl groups is 1. The van der Waals surface area contributed by atoms with Gasteiger partial charge in [-0.1, -0.05) is 70.3 Å². The minimum Gasteiger partial charge on any atom is -0.391 e. The average molecular weight is 725 g/mol. The number of pyridine rings is 1. The summed E-state index contributed by atoms with van der Waals surface area (Å²) in [6.45, 7) is 0.696. The van der Waals surface area contributed by atoms with Crippen molar-refractivity contribution in [2.45, 2.75) is 127 Å². The smallest absolute Gasteiger partial charge is 0.241 e. The van der Waals surface area contributed by atoms with Gasteiger partial charge in [0.05, 0.1) is 42.4 Å². The predicted molar refractivity (Wildman–Crippen MR) is 200 cm³/mol. The number of nitrogens with two attached hydrogens (primary N) is 1. The predicted octanol–water partition coefficient (Wildman–Crippen LogP) is 5.16. The Bertz CT molecular complexity index is 1390. The summed E-state index contributed by atoms with van der Waals surface area (Å²) in [5.74, 6) is -0.554. The molecular formula is C39H60N6O5S. The molecule has 0 radical (unpaired) electrons. The number of carbonyl (C=O) groups is 3. The van der Waals surface area contributed by atoms with Gasteiger partial charge in [-0.05, 0) is 49.7 Å². The van der Waals surface area contributed by atoms with E-state index in [-0.39, 0.29) is 43.1 Å². The van der Waals surface area contributed by atoms with E-state index in [9.17, 15) is 14.7 Å². The van der Waals surface area contributed by atoms with Crippen molar-refractivity contribution in [3.63, 3.8) is 0 Å². The minimum absolute atomic E-state index is 0.105. The highest BCUT2D eigenvalue weighted by Gasteiger charge is 2.43. The average Bonchev–Trinajstić information content (AvgIpc) is 3.88. The summed E-state index contributed by atoms with van der Waals surface area (Å²) >= 11 is 1.31. The number of nitrogens with one attached hydrogen (secondary N) is 1. The van der Waals surface area contributed by atoms with Crippen LogP contribution in [0.3, 0.4) is 0 Å². The molecule has 5 rings (SSSR count). The van der Waals surface area contributed by atoms with Gasteiger partial charge in [-0.2, -0.15) is 0 Å². The van der Waals surface area contributed by atoms with Gasteiger partial charge in [-0.3, -0.25) is 19.4 Å². The molecule has 0 spiro atoms. The van der Waals surface area contributed by atoms with E-state index < -0.39 is 17.6 Å². The van der Waals surface area contributed by atoms with Gasteiger partial charge in [0.25, 0.3) is 0 Å². The van der Waals surface area contributed by atoms with Crippen molar-refractivity contribution in [3.05, 3.63) is 41.2 Å². The fourth-order valence-corrected chi connectivity index (χ4v) is 8.68. The van der Waals surface area contributed by atoms with Crippen molar-refractivity contribution in [3.8, 4) is 0 Å². The van der Waals surface area contributed by atoms with Gasteiger partial charge < -0.3 is 30.7 Å². The zero-order valence-corrected chi connectivity index (χ0v) is 31.6. The Morgan fingerprint density at radius 2 is 1.76 bits per heavy atom. The number of hydrogen-bond acceptors (Lipinski definition) is 9. The number of thiazole rings is 1. The molecule has 3 fully saturated rings. The number of aliphatic hydroxyl groups excluding tert-OH is 1. The van der Waals surface area contributed by atoms with Crippen molar-refractivity contribution in [1.29, 1.82) is 0 Å². The topological polar surface area (TPSA) is 151 Å². The number of carbonyl (C=O) groups excluding carboxylic acids is 3. The number of anilines is 1. The van der Waals surface area contributed by atoms with E-state index >= 15 is 4.79 Å². The SMILES string of the molecule is COC1(CN(C(=O)[C@@H](CC(=O)NCC(=O)N(C)CCc2ccccn2)Cc2csc(N)n2)[C@@H](CC2CCCCC2)[C@@H](O)CC2CC2)CCCCC1. The van der Waals surface area contributed by atoms with Crippen molar-refractivity contribution >= 4 is 34.2 Å². The number of nitrogen functional groups attached to an aromatic ring is 1. The van der Waals surface area contributed by atoms with Crippen LogP contribution in [0, 0.1) is 17.8 Å². The zero-order valence-electron chi connectivity index (χ0n) is 30.8. The van der Waals surface area contributed by atoms with E-state index in [1.807, 2.05) is 28.5 Å². The molecular weight excluding hydrogens is 665 g/mol. The molecule has 3 saturated carbocycles. The normalized spacial score (nSPS) is 19.5. The third-order valence-corrected chi connectivity index (χ3v) is 12.2. The molecule has 3 aliphatic rings. The Morgan fingerprint density at radius 1 is 1.04 bits per heavy atom. The molecule has 2 heterocycles. The van der Waals surface area contributed by atoms with Gasteiger partial charge in [-0.15, -0.1) is 11.3 Å². The maximum atomic E-state index is 15.1. The van der Waals surface area contributed by atoms with Crippen LogP contribution >= 0.6 is 11.3 Å². The largest absolute Gasteiger partial charge is 0.391 e. The van der Waals surface area contributed by atoms with Crippen LogP contribution in [0.2, 0.25) is 0 Å². The van der Waals surface area contributed by atoms with Crippen LogP contribution in [0.4, 0.5) is 5.13 Å². The molecule has 3 aliphatic carbocycles. The monoisotopic (exact) mass is 724 g/mol. The lowest BCUT2D eigenvalue weighted by Crippen LogP contribution is -2.57. The highest BCUT2D eigenvalue weighted by molar-refractivity contribution is 7.13. The molecule has 282 valence electrons. The summed E-state index contributed by atoms with van der Waals surface area (Å²) in [6, 6.07) is 5.33. The number of methoxy groups -OCH3 is 1. The summed E-state index contributed by atoms with van der Waals surface area (Å²) in [4.78, 5) is 54.0. The molecule has 11 nitrogen and oxygen atoms in total. The number of likely N-dealkylation sites (N-methyl/N-ethyl adjacent to an activating group) is 1. The molecule has 4 N–H and O–H groups in total. The van der Waals surface area contributed by atoms with E-state index in [1.165, 1.54) is 30.6 Å². The maximum Gasteiger partial charge on any atom is 0.241 e. The molecule has 0 unspecified atom stereocenters. The number of aromatic nitrogens is 2. The van der Waals surface area contributed by atoms with Crippen LogP contribution < -0.4 is 11.1 Å². The van der Waals surface area contributed by atoms with Gasteiger partial charge in [0.15, 0.2) is 5.13 Å². The lowest BCUT2D eigenvalue weighted by atomic mass is 9.80. The highest BCUT2D eigenvalue weighted by atomic mass is 32.1. The summed E-state index contributed by atoms with van der Waals surface area (Å²) in [6.07, 6.45) is 16.2. The Kier molecular flexibility index (Phi) is 14.7. The Labute approximate surface area is 308 Å².